The summed E-state index contributed by atoms with van der Waals surface area (Å²) in [6.45, 7) is 10.3. The maximum absolute atomic E-state index is 12.8. The second-order valence-corrected chi connectivity index (χ2v) is 6.56. The van der Waals surface area contributed by atoms with Gasteiger partial charge in [-0.15, -0.1) is 0 Å². The molecule has 0 spiro atoms. The number of rotatable bonds is 6. The van der Waals surface area contributed by atoms with Crippen LogP contribution < -0.4 is 21.9 Å². The Balaban J connectivity index is 2.56. The van der Waals surface area contributed by atoms with Crippen LogP contribution >= 0.6 is 0 Å². The molecule has 0 atom stereocenters. The lowest BCUT2D eigenvalue weighted by molar-refractivity contribution is 0.0961. The van der Waals surface area contributed by atoms with E-state index >= 15 is 0 Å². The van der Waals surface area contributed by atoms with E-state index in [0.717, 1.165) is 11.1 Å². The molecule has 1 amide bonds. The fraction of sp³-hybridized carbons (Fsp3) is 0.300. The van der Waals surface area contributed by atoms with E-state index in [9.17, 15) is 9.59 Å². The molecular formula is C20H26N4O2. The first kappa shape index (κ1) is 19.3. The summed E-state index contributed by atoms with van der Waals surface area (Å²) in [5.41, 5.74) is 9.56. The standard InChI is InChI=1S/C20H26N4O2/c1-12(2)23-14(4)16-9-17(19(25)22-5)20(26)24(11-16)10-15-7-6-8-18(21)13(15)3/h6-9,11-12,23H,4,10,21H2,1-3,5H3,(H,22,25). The van der Waals surface area contributed by atoms with Crippen LogP contribution in [-0.2, 0) is 6.54 Å². The van der Waals surface area contributed by atoms with Crippen LogP contribution in [-0.4, -0.2) is 23.6 Å². The number of carbonyl (C=O) groups is 1. The Labute approximate surface area is 153 Å². The SMILES string of the molecule is C=C(NC(C)C)c1cc(C(=O)NC)c(=O)n(Cc2cccc(N)c2C)c1. The van der Waals surface area contributed by atoms with Crippen molar-refractivity contribution < 1.29 is 4.79 Å². The third-order valence-electron chi connectivity index (χ3n) is 4.20. The van der Waals surface area contributed by atoms with Gasteiger partial charge < -0.3 is 20.9 Å². The lowest BCUT2D eigenvalue weighted by Gasteiger charge is -2.17. The summed E-state index contributed by atoms with van der Waals surface area (Å²) in [7, 11) is 1.50. The van der Waals surface area contributed by atoms with Crippen molar-refractivity contribution in [3.63, 3.8) is 0 Å². The first-order chi connectivity index (χ1) is 12.2. The smallest absolute Gasteiger partial charge is 0.263 e. The van der Waals surface area contributed by atoms with Gasteiger partial charge in [-0.1, -0.05) is 18.7 Å². The Bertz CT molecular complexity index is 897. The van der Waals surface area contributed by atoms with E-state index in [0.29, 0.717) is 23.5 Å². The van der Waals surface area contributed by atoms with Gasteiger partial charge in [-0.25, -0.2) is 0 Å². The summed E-state index contributed by atoms with van der Waals surface area (Å²) in [4.78, 5) is 25.0. The summed E-state index contributed by atoms with van der Waals surface area (Å²) in [6, 6.07) is 7.35. The number of hydrogen-bond donors (Lipinski definition) is 3. The molecule has 138 valence electrons. The minimum Gasteiger partial charge on any atom is -0.399 e. The highest BCUT2D eigenvalue weighted by atomic mass is 16.2. The quantitative estimate of drug-likeness (QED) is 0.693. The van der Waals surface area contributed by atoms with Crippen LogP contribution in [0.15, 0.2) is 41.8 Å². The van der Waals surface area contributed by atoms with Crippen LogP contribution in [0, 0.1) is 6.92 Å². The Morgan fingerprint density at radius 2 is 2.04 bits per heavy atom. The monoisotopic (exact) mass is 354 g/mol. The molecule has 0 bridgehead atoms. The van der Waals surface area contributed by atoms with E-state index in [4.69, 9.17) is 5.73 Å². The summed E-state index contributed by atoms with van der Waals surface area (Å²) >= 11 is 0. The topological polar surface area (TPSA) is 89.2 Å². The van der Waals surface area contributed by atoms with Crippen molar-refractivity contribution in [3.05, 3.63) is 69.6 Å². The molecule has 6 nitrogen and oxygen atoms in total. The van der Waals surface area contributed by atoms with Crippen LogP contribution in [0.5, 0.6) is 0 Å². The van der Waals surface area contributed by atoms with Gasteiger partial charge in [-0.3, -0.25) is 9.59 Å². The molecule has 0 saturated heterocycles. The second kappa shape index (κ2) is 7.91. The fourth-order valence-corrected chi connectivity index (χ4v) is 2.71. The van der Waals surface area contributed by atoms with Crippen LogP contribution in [0.4, 0.5) is 5.69 Å². The number of pyridine rings is 1. The summed E-state index contributed by atoms with van der Waals surface area (Å²) in [6.07, 6.45) is 1.72. The molecule has 0 fully saturated rings. The van der Waals surface area contributed by atoms with Gasteiger partial charge in [0.25, 0.3) is 11.5 Å². The molecular weight excluding hydrogens is 328 g/mol. The molecule has 2 rings (SSSR count). The number of nitrogens with zero attached hydrogens (tertiary/aromatic N) is 1. The number of nitrogens with two attached hydrogens (primary N) is 1. The van der Waals surface area contributed by atoms with E-state index < -0.39 is 5.91 Å². The lowest BCUT2D eigenvalue weighted by Crippen LogP contribution is -2.32. The zero-order valence-corrected chi connectivity index (χ0v) is 15.7. The van der Waals surface area contributed by atoms with Crippen LogP contribution in [0.2, 0.25) is 0 Å². The maximum Gasteiger partial charge on any atom is 0.263 e. The predicted octanol–water partition coefficient (Wildman–Crippen LogP) is 2.12. The average Bonchev–Trinajstić information content (AvgIpc) is 2.59. The first-order valence-electron chi connectivity index (χ1n) is 8.51. The van der Waals surface area contributed by atoms with Crippen molar-refractivity contribution in [2.45, 2.75) is 33.4 Å². The average molecular weight is 354 g/mol. The number of hydrogen-bond acceptors (Lipinski definition) is 4. The minimum atomic E-state index is -0.424. The molecule has 0 unspecified atom stereocenters. The Kier molecular flexibility index (Phi) is 5.87. The Hall–Kier alpha value is -3.02. The van der Waals surface area contributed by atoms with E-state index in [1.54, 1.807) is 12.3 Å². The molecule has 0 aliphatic heterocycles. The number of aromatic nitrogens is 1. The Morgan fingerprint density at radius 1 is 1.35 bits per heavy atom. The van der Waals surface area contributed by atoms with E-state index in [1.807, 2.05) is 39.0 Å². The van der Waals surface area contributed by atoms with E-state index in [-0.39, 0.29) is 17.2 Å². The molecule has 0 aliphatic rings. The van der Waals surface area contributed by atoms with Gasteiger partial charge in [-0.2, -0.15) is 0 Å². The van der Waals surface area contributed by atoms with Crippen LogP contribution in [0.25, 0.3) is 5.70 Å². The largest absolute Gasteiger partial charge is 0.399 e. The van der Waals surface area contributed by atoms with Gasteiger partial charge >= 0.3 is 0 Å². The van der Waals surface area contributed by atoms with Crippen molar-refractivity contribution in [2.75, 3.05) is 12.8 Å². The molecule has 26 heavy (non-hydrogen) atoms. The maximum atomic E-state index is 12.8. The molecule has 1 aromatic carbocycles. The van der Waals surface area contributed by atoms with Crippen LogP contribution in [0.3, 0.4) is 0 Å². The summed E-state index contributed by atoms with van der Waals surface area (Å²) in [5, 5.41) is 5.73. The minimum absolute atomic E-state index is 0.0817. The van der Waals surface area contributed by atoms with Gasteiger partial charge in [0, 0.05) is 36.2 Å². The van der Waals surface area contributed by atoms with Gasteiger partial charge in [0.15, 0.2) is 0 Å². The van der Waals surface area contributed by atoms with Crippen molar-refractivity contribution in [1.82, 2.24) is 15.2 Å². The molecule has 1 heterocycles. The third-order valence-corrected chi connectivity index (χ3v) is 4.20. The van der Waals surface area contributed by atoms with Gasteiger partial charge in [0.05, 0.1) is 6.54 Å². The molecule has 4 N–H and O–H groups in total. The molecule has 0 aliphatic carbocycles. The number of anilines is 1. The van der Waals surface area contributed by atoms with Crippen molar-refractivity contribution >= 4 is 17.3 Å². The molecule has 0 radical (unpaired) electrons. The third kappa shape index (κ3) is 4.14. The van der Waals surface area contributed by atoms with E-state index in [1.165, 1.54) is 11.6 Å². The van der Waals surface area contributed by atoms with Gasteiger partial charge in [0.1, 0.15) is 5.56 Å². The number of amides is 1. The normalized spacial score (nSPS) is 10.7. The highest BCUT2D eigenvalue weighted by molar-refractivity contribution is 5.94. The summed E-state index contributed by atoms with van der Waals surface area (Å²) < 4.78 is 1.52. The lowest BCUT2D eigenvalue weighted by atomic mass is 10.1. The highest BCUT2D eigenvalue weighted by Gasteiger charge is 2.15. The zero-order valence-electron chi connectivity index (χ0n) is 15.7. The molecule has 0 saturated carbocycles. The van der Waals surface area contributed by atoms with Gasteiger partial charge in [0.2, 0.25) is 0 Å². The Morgan fingerprint density at radius 3 is 2.65 bits per heavy atom. The highest BCUT2D eigenvalue weighted by Crippen LogP contribution is 2.17. The van der Waals surface area contributed by atoms with Crippen LogP contribution in [0.1, 0.15) is 40.9 Å². The second-order valence-electron chi connectivity index (χ2n) is 6.56. The first-order valence-corrected chi connectivity index (χ1v) is 8.51. The summed E-state index contributed by atoms with van der Waals surface area (Å²) in [5.74, 6) is -0.424. The molecule has 1 aromatic heterocycles. The molecule has 2 aromatic rings. The molecule has 6 heteroatoms. The number of carbonyl (C=O) groups excluding carboxylic acids is 1. The van der Waals surface area contributed by atoms with Crippen molar-refractivity contribution in [3.8, 4) is 0 Å². The van der Waals surface area contributed by atoms with Crippen molar-refractivity contribution in [1.29, 1.82) is 0 Å². The number of benzene rings is 1. The van der Waals surface area contributed by atoms with E-state index in [2.05, 4.69) is 17.2 Å². The fourth-order valence-electron chi connectivity index (χ4n) is 2.71. The predicted molar refractivity (Wildman–Crippen MR) is 106 cm³/mol. The number of nitrogens with one attached hydrogen (secondary N) is 2. The van der Waals surface area contributed by atoms with Crippen molar-refractivity contribution in [2.24, 2.45) is 0 Å². The zero-order chi connectivity index (χ0) is 19.4. The number of nitrogen functional groups attached to an aromatic ring is 1. The van der Waals surface area contributed by atoms with Gasteiger partial charge in [-0.05, 0) is 44.0 Å².